The van der Waals surface area contributed by atoms with E-state index in [9.17, 15) is 0 Å². The lowest BCUT2D eigenvalue weighted by atomic mass is 10.1. The number of thioether (sulfide) groups is 1. The lowest BCUT2D eigenvalue weighted by Crippen LogP contribution is -2.26. The summed E-state index contributed by atoms with van der Waals surface area (Å²) in [5, 5.41) is 16.7. The molecule has 0 atom stereocenters. The van der Waals surface area contributed by atoms with E-state index >= 15 is 0 Å². The van der Waals surface area contributed by atoms with Gasteiger partial charge in [-0.2, -0.15) is 0 Å². The summed E-state index contributed by atoms with van der Waals surface area (Å²) in [5.74, 6) is 7.23. The molecule has 3 nitrogen and oxygen atoms in total. The van der Waals surface area contributed by atoms with E-state index in [2.05, 4.69) is 41.5 Å². The number of rotatable bonds is 4. The largest absolute Gasteiger partial charge is 0.374 e. The third-order valence-electron chi connectivity index (χ3n) is 2.99. The van der Waals surface area contributed by atoms with Gasteiger partial charge in [-0.15, -0.1) is 0 Å². The van der Waals surface area contributed by atoms with E-state index < -0.39 is 0 Å². The van der Waals surface area contributed by atoms with E-state index in [-0.39, 0.29) is 0 Å². The van der Waals surface area contributed by atoms with Crippen molar-refractivity contribution >= 4 is 16.8 Å². The standard InChI is InChI=1S/C17H19N3S/c1-13-6-5-8-14(12-13)7-3-4-10-20-17(19-2)15-9-11-21-16(15)18/h5-6,8-9,11-12,18-20H,4,10H2,1-2H3/b17-15+,18-16?. The molecular weight excluding hydrogens is 278 g/mol. The van der Waals surface area contributed by atoms with Gasteiger partial charge in [-0.25, -0.2) is 0 Å². The Kier molecular flexibility index (Phi) is 5.53. The minimum Gasteiger partial charge on any atom is -0.374 e. The van der Waals surface area contributed by atoms with Gasteiger partial charge in [-0.05, 0) is 36.1 Å². The minimum atomic E-state index is 0.567. The van der Waals surface area contributed by atoms with Crippen molar-refractivity contribution < 1.29 is 0 Å². The summed E-state index contributed by atoms with van der Waals surface area (Å²) in [7, 11) is 1.86. The smallest absolute Gasteiger partial charge is 0.109 e. The van der Waals surface area contributed by atoms with Crippen molar-refractivity contribution in [3.63, 3.8) is 0 Å². The molecule has 0 radical (unpaired) electrons. The number of nitrogens with one attached hydrogen (secondary N) is 3. The molecule has 0 bridgehead atoms. The number of hydrogen-bond acceptors (Lipinski definition) is 4. The van der Waals surface area contributed by atoms with E-state index in [1.165, 1.54) is 17.3 Å². The third-order valence-corrected chi connectivity index (χ3v) is 3.71. The Hall–Kier alpha value is -2.12. The van der Waals surface area contributed by atoms with Crippen LogP contribution in [0.1, 0.15) is 17.5 Å². The number of hydrogen-bond donors (Lipinski definition) is 3. The van der Waals surface area contributed by atoms with E-state index in [1.807, 2.05) is 30.7 Å². The molecule has 108 valence electrons. The van der Waals surface area contributed by atoms with Crippen molar-refractivity contribution in [1.29, 1.82) is 5.41 Å². The lowest BCUT2D eigenvalue weighted by molar-refractivity contribution is 0.738. The molecule has 4 heteroatoms. The Bertz CT molecular complexity index is 647. The van der Waals surface area contributed by atoms with Gasteiger partial charge in [-0.3, -0.25) is 5.41 Å². The Morgan fingerprint density at radius 1 is 1.38 bits per heavy atom. The predicted molar refractivity (Wildman–Crippen MR) is 91.2 cm³/mol. The zero-order valence-electron chi connectivity index (χ0n) is 12.3. The van der Waals surface area contributed by atoms with Crippen LogP contribution in [-0.2, 0) is 0 Å². The highest BCUT2D eigenvalue weighted by Gasteiger charge is 2.12. The van der Waals surface area contributed by atoms with Gasteiger partial charge in [0.2, 0.25) is 0 Å². The topological polar surface area (TPSA) is 47.9 Å². The summed E-state index contributed by atoms with van der Waals surface area (Å²) in [5.41, 5.74) is 3.19. The fourth-order valence-electron chi connectivity index (χ4n) is 1.96. The molecule has 0 saturated carbocycles. The molecule has 1 aliphatic rings. The molecule has 21 heavy (non-hydrogen) atoms. The maximum Gasteiger partial charge on any atom is 0.109 e. The molecule has 1 aromatic carbocycles. The van der Waals surface area contributed by atoms with Crippen LogP contribution in [0.3, 0.4) is 0 Å². The second-order valence-electron chi connectivity index (χ2n) is 4.64. The van der Waals surface area contributed by atoms with Gasteiger partial charge in [-0.1, -0.05) is 35.7 Å². The normalized spacial score (nSPS) is 15.4. The molecule has 1 heterocycles. The van der Waals surface area contributed by atoms with Crippen molar-refractivity contribution in [2.24, 2.45) is 0 Å². The molecule has 0 spiro atoms. The first-order valence-electron chi connectivity index (χ1n) is 6.84. The minimum absolute atomic E-state index is 0.567. The van der Waals surface area contributed by atoms with Crippen molar-refractivity contribution in [3.05, 3.63) is 58.3 Å². The Morgan fingerprint density at radius 2 is 2.24 bits per heavy atom. The average molecular weight is 297 g/mol. The highest BCUT2D eigenvalue weighted by molar-refractivity contribution is 8.17. The molecule has 0 amide bonds. The van der Waals surface area contributed by atoms with Gasteiger partial charge in [0.25, 0.3) is 0 Å². The van der Waals surface area contributed by atoms with Crippen LogP contribution < -0.4 is 10.6 Å². The van der Waals surface area contributed by atoms with Crippen molar-refractivity contribution in [2.45, 2.75) is 13.3 Å². The second-order valence-corrected chi connectivity index (χ2v) is 5.55. The van der Waals surface area contributed by atoms with Crippen LogP contribution in [-0.4, -0.2) is 18.6 Å². The van der Waals surface area contributed by atoms with Crippen LogP contribution in [0.5, 0.6) is 0 Å². The maximum atomic E-state index is 7.82. The van der Waals surface area contributed by atoms with Gasteiger partial charge in [0.05, 0.1) is 0 Å². The van der Waals surface area contributed by atoms with Crippen LogP contribution in [0.2, 0.25) is 0 Å². The van der Waals surface area contributed by atoms with Crippen LogP contribution >= 0.6 is 11.8 Å². The predicted octanol–water partition coefficient (Wildman–Crippen LogP) is 2.99. The molecule has 3 N–H and O–H groups in total. The average Bonchev–Trinajstić information content (AvgIpc) is 2.89. The first-order chi connectivity index (χ1) is 10.2. The van der Waals surface area contributed by atoms with Gasteiger partial charge in [0, 0.05) is 31.1 Å². The molecule has 1 aromatic rings. The Labute approximate surface area is 130 Å². The van der Waals surface area contributed by atoms with Crippen LogP contribution in [0.25, 0.3) is 0 Å². The van der Waals surface area contributed by atoms with Gasteiger partial charge >= 0.3 is 0 Å². The van der Waals surface area contributed by atoms with Gasteiger partial charge < -0.3 is 10.6 Å². The summed E-state index contributed by atoms with van der Waals surface area (Å²) in [6, 6.07) is 8.20. The summed E-state index contributed by atoms with van der Waals surface area (Å²) in [6.07, 6.45) is 2.71. The van der Waals surface area contributed by atoms with Crippen molar-refractivity contribution in [1.82, 2.24) is 10.6 Å². The number of benzene rings is 1. The number of aryl methyl sites for hydroxylation is 1. The van der Waals surface area contributed by atoms with Crippen LogP contribution in [0.4, 0.5) is 0 Å². The molecule has 0 fully saturated rings. The molecule has 0 saturated heterocycles. The SMILES string of the molecule is CN/C(NCCC#Cc1cccc(C)c1)=C1/C=CSC1=N. The lowest BCUT2D eigenvalue weighted by Gasteiger charge is -2.11. The first kappa shape index (κ1) is 15.3. The van der Waals surface area contributed by atoms with Crippen LogP contribution in [0.15, 0.2) is 47.1 Å². The fraction of sp³-hybridized carbons (Fsp3) is 0.235. The highest BCUT2D eigenvalue weighted by Crippen LogP contribution is 2.23. The fourth-order valence-corrected chi connectivity index (χ4v) is 2.60. The molecule has 0 unspecified atom stereocenters. The molecule has 1 aliphatic heterocycles. The monoisotopic (exact) mass is 297 g/mol. The van der Waals surface area contributed by atoms with Crippen molar-refractivity contribution in [3.8, 4) is 11.8 Å². The van der Waals surface area contributed by atoms with E-state index in [4.69, 9.17) is 5.41 Å². The van der Waals surface area contributed by atoms with E-state index in [0.29, 0.717) is 5.04 Å². The number of allylic oxidation sites excluding steroid dienone is 1. The molecular formula is C17H19N3S. The summed E-state index contributed by atoms with van der Waals surface area (Å²) < 4.78 is 0. The third kappa shape index (κ3) is 4.44. The summed E-state index contributed by atoms with van der Waals surface area (Å²) in [6.45, 7) is 2.82. The quantitative estimate of drug-likeness (QED) is 0.591. The summed E-state index contributed by atoms with van der Waals surface area (Å²) in [4.78, 5) is 0. The highest BCUT2D eigenvalue weighted by atomic mass is 32.2. The van der Waals surface area contributed by atoms with Gasteiger partial charge in [0.15, 0.2) is 0 Å². The second kappa shape index (κ2) is 7.61. The zero-order valence-corrected chi connectivity index (χ0v) is 13.1. The maximum absolute atomic E-state index is 7.82. The molecule has 2 rings (SSSR count). The Morgan fingerprint density at radius 3 is 2.90 bits per heavy atom. The van der Waals surface area contributed by atoms with Crippen molar-refractivity contribution in [2.75, 3.05) is 13.6 Å². The van der Waals surface area contributed by atoms with Crippen LogP contribution in [0, 0.1) is 24.2 Å². The molecule has 0 aromatic heterocycles. The Balaban J connectivity index is 1.87. The first-order valence-corrected chi connectivity index (χ1v) is 7.72. The molecule has 0 aliphatic carbocycles. The van der Waals surface area contributed by atoms with Gasteiger partial charge in [0.1, 0.15) is 10.9 Å². The summed E-state index contributed by atoms with van der Waals surface area (Å²) >= 11 is 1.43. The van der Waals surface area contributed by atoms with E-state index in [1.54, 1.807) is 0 Å². The van der Waals surface area contributed by atoms with E-state index in [0.717, 1.165) is 29.9 Å². The zero-order chi connectivity index (χ0) is 15.1.